The molecule has 0 radical (unpaired) electrons. The Hall–Kier alpha value is -1.24. The number of nitriles is 1. The summed E-state index contributed by atoms with van der Waals surface area (Å²) < 4.78 is 0. The molecule has 16 heavy (non-hydrogen) atoms. The average molecular weight is 223 g/mol. The highest BCUT2D eigenvalue weighted by Gasteiger charge is 2.20. The maximum Gasteiger partial charge on any atom is 0.317 e. The molecule has 0 aromatic carbocycles. The summed E-state index contributed by atoms with van der Waals surface area (Å²) in [7, 11) is 0. The number of piperidine rings is 1. The van der Waals surface area contributed by atoms with E-state index in [2.05, 4.69) is 18.3 Å². The Kier molecular flexibility index (Phi) is 5.69. The number of rotatable bonds is 4. The first-order valence-corrected chi connectivity index (χ1v) is 6.13. The summed E-state index contributed by atoms with van der Waals surface area (Å²) in [5, 5.41) is 11.3. The number of carbonyl (C=O) groups is 1. The summed E-state index contributed by atoms with van der Waals surface area (Å²) in [6, 6.07) is 2.16. The molecule has 1 atom stereocenters. The minimum atomic E-state index is 0.0588. The molecule has 4 nitrogen and oxygen atoms in total. The standard InChI is InChI=1S/C12H21N3O/c1-11-6-5-9-15(10-11)12(16)14-8-4-2-3-7-13/h11H,2-6,8-10H2,1H3,(H,14,16). The highest BCUT2D eigenvalue weighted by molar-refractivity contribution is 5.74. The van der Waals surface area contributed by atoms with Crippen molar-refractivity contribution in [1.29, 1.82) is 5.26 Å². The van der Waals surface area contributed by atoms with E-state index in [9.17, 15) is 4.79 Å². The number of carbonyl (C=O) groups excluding carboxylic acids is 1. The van der Waals surface area contributed by atoms with E-state index in [0.717, 1.165) is 32.4 Å². The number of nitrogens with zero attached hydrogens (tertiary/aromatic N) is 2. The third kappa shape index (κ3) is 4.52. The van der Waals surface area contributed by atoms with Gasteiger partial charge in [0, 0.05) is 26.1 Å². The molecule has 1 saturated heterocycles. The number of hydrogen-bond acceptors (Lipinski definition) is 2. The maximum atomic E-state index is 11.7. The molecule has 0 saturated carbocycles. The minimum absolute atomic E-state index is 0.0588. The lowest BCUT2D eigenvalue weighted by Crippen LogP contribution is -2.45. The number of hydrogen-bond donors (Lipinski definition) is 1. The van der Waals surface area contributed by atoms with Crippen molar-refractivity contribution in [2.24, 2.45) is 5.92 Å². The van der Waals surface area contributed by atoms with Gasteiger partial charge in [0.1, 0.15) is 0 Å². The van der Waals surface area contributed by atoms with Gasteiger partial charge in [0.05, 0.1) is 6.07 Å². The van der Waals surface area contributed by atoms with E-state index >= 15 is 0 Å². The lowest BCUT2D eigenvalue weighted by Gasteiger charge is -2.30. The molecule has 1 rings (SSSR count). The van der Waals surface area contributed by atoms with Crippen molar-refractivity contribution in [2.75, 3.05) is 19.6 Å². The molecule has 90 valence electrons. The molecule has 1 unspecified atom stereocenters. The van der Waals surface area contributed by atoms with Gasteiger partial charge < -0.3 is 10.2 Å². The van der Waals surface area contributed by atoms with Gasteiger partial charge in [0.2, 0.25) is 0 Å². The van der Waals surface area contributed by atoms with Crippen LogP contribution >= 0.6 is 0 Å². The smallest absolute Gasteiger partial charge is 0.317 e. The van der Waals surface area contributed by atoms with Crippen LogP contribution in [0.4, 0.5) is 4.79 Å². The Morgan fingerprint density at radius 1 is 1.56 bits per heavy atom. The normalized spacial score (nSPS) is 20.2. The Balaban J connectivity index is 2.12. The van der Waals surface area contributed by atoms with E-state index in [4.69, 9.17) is 5.26 Å². The molecule has 2 amide bonds. The van der Waals surface area contributed by atoms with E-state index < -0.39 is 0 Å². The molecule has 1 fully saturated rings. The van der Waals surface area contributed by atoms with Crippen molar-refractivity contribution in [1.82, 2.24) is 10.2 Å². The van der Waals surface area contributed by atoms with E-state index in [1.807, 2.05) is 4.90 Å². The molecule has 0 aromatic rings. The highest BCUT2D eigenvalue weighted by atomic mass is 16.2. The van der Waals surface area contributed by atoms with Crippen molar-refractivity contribution in [3.05, 3.63) is 0 Å². The molecule has 1 N–H and O–H groups in total. The summed E-state index contributed by atoms with van der Waals surface area (Å²) in [5.41, 5.74) is 0. The molecule has 0 spiro atoms. The second-order valence-corrected chi connectivity index (χ2v) is 4.54. The van der Waals surface area contributed by atoms with Crippen LogP contribution in [-0.2, 0) is 0 Å². The van der Waals surface area contributed by atoms with Crippen LogP contribution in [0.5, 0.6) is 0 Å². The molecule has 1 heterocycles. The van der Waals surface area contributed by atoms with Crippen LogP contribution in [-0.4, -0.2) is 30.6 Å². The van der Waals surface area contributed by atoms with Gasteiger partial charge in [-0.05, 0) is 31.6 Å². The van der Waals surface area contributed by atoms with E-state index in [1.165, 1.54) is 6.42 Å². The quantitative estimate of drug-likeness (QED) is 0.742. The number of unbranched alkanes of at least 4 members (excludes halogenated alkanes) is 2. The van der Waals surface area contributed by atoms with Crippen molar-refractivity contribution in [2.45, 2.75) is 39.0 Å². The van der Waals surface area contributed by atoms with Crippen LogP contribution < -0.4 is 5.32 Å². The minimum Gasteiger partial charge on any atom is -0.338 e. The van der Waals surface area contributed by atoms with Crippen LogP contribution in [0.2, 0.25) is 0 Å². The van der Waals surface area contributed by atoms with Gasteiger partial charge in [-0.3, -0.25) is 0 Å². The molecule has 1 aliphatic rings. The van der Waals surface area contributed by atoms with Gasteiger partial charge in [0.25, 0.3) is 0 Å². The van der Waals surface area contributed by atoms with Crippen molar-refractivity contribution in [3.63, 3.8) is 0 Å². The largest absolute Gasteiger partial charge is 0.338 e. The zero-order valence-electron chi connectivity index (χ0n) is 10.0. The Morgan fingerprint density at radius 2 is 2.38 bits per heavy atom. The van der Waals surface area contributed by atoms with Gasteiger partial charge in [-0.2, -0.15) is 5.26 Å². The first-order chi connectivity index (χ1) is 7.74. The molecule has 0 bridgehead atoms. The van der Waals surface area contributed by atoms with E-state index in [0.29, 0.717) is 18.9 Å². The Bertz CT molecular complexity index is 259. The SMILES string of the molecule is CC1CCCN(C(=O)NCCCCC#N)C1. The molecule has 1 aliphatic heterocycles. The molecule has 4 heteroatoms. The van der Waals surface area contributed by atoms with Gasteiger partial charge in [-0.25, -0.2) is 4.79 Å². The lowest BCUT2D eigenvalue weighted by molar-refractivity contribution is 0.169. The van der Waals surface area contributed by atoms with Gasteiger partial charge in [0.15, 0.2) is 0 Å². The number of urea groups is 1. The summed E-state index contributed by atoms with van der Waals surface area (Å²) in [5.74, 6) is 0.623. The van der Waals surface area contributed by atoms with Gasteiger partial charge in [-0.1, -0.05) is 6.92 Å². The van der Waals surface area contributed by atoms with Crippen LogP contribution in [0.3, 0.4) is 0 Å². The Morgan fingerprint density at radius 3 is 3.06 bits per heavy atom. The number of likely N-dealkylation sites (tertiary alicyclic amines) is 1. The van der Waals surface area contributed by atoms with Crippen molar-refractivity contribution in [3.8, 4) is 6.07 Å². The highest BCUT2D eigenvalue weighted by Crippen LogP contribution is 2.15. The number of amides is 2. The van der Waals surface area contributed by atoms with Crippen molar-refractivity contribution < 1.29 is 4.79 Å². The topological polar surface area (TPSA) is 56.1 Å². The van der Waals surface area contributed by atoms with Crippen LogP contribution in [0.15, 0.2) is 0 Å². The first-order valence-electron chi connectivity index (χ1n) is 6.13. The monoisotopic (exact) mass is 223 g/mol. The van der Waals surface area contributed by atoms with E-state index in [1.54, 1.807) is 0 Å². The summed E-state index contributed by atoms with van der Waals surface area (Å²) in [4.78, 5) is 13.6. The fourth-order valence-electron chi connectivity index (χ4n) is 2.01. The third-order valence-corrected chi connectivity index (χ3v) is 2.94. The first kappa shape index (κ1) is 12.8. The van der Waals surface area contributed by atoms with Crippen molar-refractivity contribution >= 4 is 6.03 Å². The van der Waals surface area contributed by atoms with Crippen LogP contribution in [0, 0.1) is 17.2 Å². The fourth-order valence-corrected chi connectivity index (χ4v) is 2.01. The Labute approximate surface area is 97.6 Å². The third-order valence-electron chi connectivity index (χ3n) is 2.94. The molecular formula is C12H21N3O. The van der Waals surface area contributed by atoms with Gasteiger partial charge >= 0.3 is 6.03 Å². The maximum absolute atomic E-state index is 11.7. The predicted octanol–water partition coefficient (Wildman–Crippen LogP) is 2.12. The van der Waals surface area contributed by atoms with Gasteiger partial charge in [-0.15, -0.1) is 0 Å². The number of nitrogens with one attached hydrogen (secondary N) is 1. The molecular weight excluding hydrogens is 202 g/mol. The molecule has 0 aromatic heterocycles. The summed E-state index contributed by atoms with van der Waals surface area (Å²) >= 11 is 0. The average Bonchev–Trinajstić information content (AvgIpc) is 2.28. The fraction of sp³-hybridized carbons (Fsp3) is 0.833. The zero-order chi connectivity index (χ0) is 11.8. The van der Waals surface area contributed by atoms with Crippen LogP contribution in [0.25, 0.3) is 0 Å². The van der Waals surface area contributed by atoms with E-state index in [-0.39, 0.29) is 6.03 Å². The zero-order valence-corrected chi connectivity index (χ0v) is 10.0. The molecule has 0 aliphatic carbocycles. The lowest BCUT2D eigenvalue weighted by atomic mass is 10.0. The second-order valence-electron chi connectivity index (χ2n) is 4.54. The second kappa shape index (κ2) is 7.10. The predicted molar refractivity (Wildman–Crippen MR) is 62.8 cm³/mol. The summed E-state index contributed by atoms with van der Waals surface area (Å²) in [6.45, 7) is 4.64. The summed E-state index contributed by atoms with van der Waals surface area (Å²) in [6.07, 6.45) is 4.68. The van der Waals surface area contributed by atoms with Crippen LogP contribution in [0.1, 0.15) is 39.0 Å².